The number of carbonyl (C=O) groups is 2. The Bertz CT molecular complexity index is 1220. The number of aliphatic hydroxyl groups excluding tert-OH is 1. The lowest BCUT2D eigenvalue weighted by Gasteiger charge is -2.25. The van der Waals surface area contributed by atoms with E-state index in [0.717, 1.165) is 5.56 Å². The largest absolute Gasteiger partial charge is 0.507 e. The minimum Gasteiger partial charge on any atom is -0.507 e. The minimum absolute atomic E-state index is 0.00548. The van der Waals surface area contributed by atoms with E-state index in [0.29, 0.717) is 28.5 Å². The minimum atomic E-state index is -0.805. The summed E-state index contributed by atoms with van der Waals surface area (Å²) in [5, 5.41) is 11.6. The average molecular weight is 461 g/mol. The molecule has 0 unspecified atom stereocenters. The molecule has 7 heteroatoms. The molecule has 3 aromatic rings. The molecular formula is C26H21ClN2O4. The standard InChI is InChI=1S/C26H21ClN2O4/c1-2-13-33-21-10-8-18(9-11-21)24(30)22-23(19-6-3-7-20(27)14-19)29(26(32)25(22)31)16-17-5-4-12-28-15-17/h2-12,14-15,23,30H,1,13,16H2/b24-22+/t23-/m1/s1. The number of carbonyl (C=O) groups excluding carboxylic acids is 2. The van der Waals surface area contributed by atoms with Crippen molar-refractivity contribution in [2.24, 2.45) is 0 Å². The van der Waals surface area contributed by atoms with Gasteiger partial charge in [0.1, 0.15) is 18.1 Å². The SMILES string of the molecule is C=CCOc1ccc(/C(O)=C2\C(=O)C(=O)N(Cc3cccnc3)[C@@H]2c2cccc(Cl)c2)cc1. The van der Waals surface area contributed by atoms with Crippen molar-refractivity contribution in [2.75, 3.05) is 6.61 Å². The van der Waals surface area contributed by atoms with Crippen LogP contribution in [0.15, 0.2) is 91.3 Å². The Balaban J connectivity index is 1.79. The first-order chi connectivity index (χ1) is 16.0. The van der Waals surface area contributed by atoms with E-state index in [2.05, 4.69) is 11.6 Å². The van der Waals surface area contributed by atoms with E-state index in [1.165, 1.54) is 4.90 Å². The van der Waals surface area contributed by atoms with Crippen LogP contribution >= 0.6 is 11.6 Å². The zero-order valence-electron chi connectivity index (χ0n) is 17.6. The second-order valence-corrected chi connectivity index (χ2v) is 7.90. The Kier molecular flexibility index (Phi) is 6.56. The van der Waals surface area contributed by atoms with Crippen LogP contribution in [0.3, 0.4) is 0 Å². The molecule has 0 bridgehead atoms. The third-order valence-electron chi connectivity index (χ3n) is 5.28. The monoisotopic (exact) mass is 460 g/mol. The number of amides is 1. The molecule has 1 amide bonds. The predicted molar refractivity (Wildman–Crippen MR) is 126 cm³/mol. The van der Waals surface area contributed by atoms with Crippen molar-refractivity contribution >= 4 is 29.1 Å². The topological polar surface area (TPSA) is 79.7 Å². The first-order valence-electron chi connectivity index (χ1n) is 10.3. The number of halogens is 1. The second-order valence-electron chi connectivity index (χ2n) is 7.47. The van der Waals surface area contributed by atoms with Crippen LogP contribution in [0.2, 0.25) is 5.02 Å². The third-order valence-corrected chi connectivity index (χ3v) is 5.51. The highest BCUT2D eigenvalue weighted by molar-refractivity contribution is 6.46. The number of hydrogen-bond donors (Lipinski definition) is 1. The molecule has 1 saturated heterocycles. The normalized spacial score (nSPS) is 17.2. The number of aliphatic hydroxyl groups is 1. The van der Waals surface area contributed by atoms with Crippen LogP contribution in [0.5, 0.6) is 5.75 Å². The van der Waals surface area contributed by atoms with Gasteiger partial charge in [0, 0.05) is 29.5 Å². The fourth-order valence-corrected chi connectivity index (χ4v) is 3.97. The van der Waals surface area contributed by atoms with Crippen LogP contribution in [-0.2, 0) is 16.1 Å². The molecule has 1 atom stereocenters. The number of aromatic nitrogens is 1. The highest BCUT2D eigenvalue weighted by Gasteiger charge is 2.46. The lowest BCUT2D eigenvalue weighted by Crippen LogP contribution is -2.29. The molecule has 33 heavy (non-hydrogen) atoms. The fraction of sp³-hybridized carbons (Fsp3) is 0.115. The van der Waals surface area contributed by atoms with Gasteiger partial charge >= 0.3 is 0 Å². The maximum Gasteiger partial charge on any atom is 0.295 e. The van der Waals surface area contributed by atoms with E-state index < -0.39 is 17.7 Å². The average Bonchev–Trinajstić information content (AvgIpc) is 3.08. The van der Waals surface area contributed by atoms with Crippen LogP contribution < -0.4 is 4.74 Å². The molecule has 0 aliphatic carbocycles. The van der Waals surface area contributed by atoms with Crippen molar-refractivity contribution in [1.82, 2.24) is 9.88 Å². The number of nitrogens with zero attached hydrogens (tertiary/aromatic N) is 2. The second kappa shape index (κ2) is 9.71. The predicted octanol–water partition coefficient (Wildman–Crippen LogP) is 4.92. The fourth-order valence-electron chi connectivity index (χ4n) is 3.77. The number of rotatable bonds is 7. The summed E-state index contributed by atoms with van der Waals surface area (Å²) in [4.78, 5) is 31.7. The van der Waals surface area contributed by atoms with Gasteiger partial charge in [-0.1, -0.05) is 42.5 Å². The summed E-state index contributed by atoms with van der Waals surface area (Å²) in [6, 6.07) is 16.3. The van der Waals surface area contributed by atoms with E-state index >= 15 is 0 Å². The molecule has 0 radical (unpaired) electrons. The van der Waals surface area contributed by atoms with Crippen LogP contribution in [0, 0.1) is 0 Å². The zero-order chi connectivity index (χ0) is 23.4. The maximum absolute atomic E-state index is 13.1. The molecule has 1 fully saturated rings. The van der Waals surface area contributed by atoms with Crippen molar-refractivity contribution in [3.63, 3.8) is 0 Å². The molecule has 2 heterocycles. The Morgan fingerprint density at radius 1 is 1.15 bits per heavy atom. The van der Waals surface area contributed by atoms with E-state index in [9.17, 15) is 14.7 Å². The van der Waals surface area contributed by atoms with Crippen LogP contribution in [0.1, 0.15) is 22.7 Å². The van der Waals surface area contributed by atoms with Gasteiger partial charge in [0.15, 0.2) is 0 Å². The lowest BCUT2D eigenvalue weighted by molar-refractivity contribution is -0.140. The number of ether oxygens (including phenoxy) is 1. The molecule has 6 nitrogen and oxygen atoms in total. The summed E-state index contributed by atoms with van der Waals surface area (Å²) in [6.07, 6.45) is 4.90. The lowest BCUT2D eigenvalue weighted by atomic mass is 9.95. The van der Waals surface area contributed by atoms with E-state index in [1.807, 2.05) is 6.07 Å². The summed E-state index contributed by atoms with van der Waals surface area (Å²) >= 11 is 6.21. The first-order valence-corrected chi connectivity index (χ1v) is 10.6. The number of pyridine rings is 1. The molecule has 0 spiro atoms. The van der Waals surface area contributed by atoms with Crippen molar-refractivity contribution in [2.45, 2.75) is 12.6 Å². The van der Waals surface area contributed by atoms with Gasteiger partial charge < -0.3 is 14.7 Å². The van der Waals surface area contributed by atoms with E-state index in [1.54, 1.807) is 73.1 Å². The van der Waals surface area contributed by atoms with E-state index in [-0.39, 0.29) is 17.9 Å². The van der Waals surface area contributed by atoms with Crippen molar-refractivity contribution < 1.29 is 19.4 Å². The third kappa shape index (κ3) is 4.66. The molecule has 0 saturated carbocycles. The van der Waals surface area contributed by atoms with Crippen molar-refractivity contribution in [3.05, 3.63) is 113 Å². The Morgan fingerprint density at radius 3 is 2.61 bits per heavy atom. The van der Waals surface area contributed by atoms with Gasteiger partial charge in [-0.05, 0) is 53.6 Å². The van der Waals surface area contributed by atoms with Crippen LogP contribution in [-0.4, -0.2) is 33.3 Å². The number of benzene rings is 2. The molecule has 1 aliphatic heterocycles. The highest BCUT2D eigenvalue weighted by Crippen LogP contribution is 2.40. The maximum atomic E-state index is 13.1. The summed E-state index contributed by atoms with van der Waals surface area (Å²) in [7, 11) is 0. The summed E-state index contributed by atoms with van der Waals surface area (Å²) in [6.45, 7) is 4.11. The van der Waals surface area contributed by atoms with Gasteiger partial charge in [0.25, 0.3) is 11.7 Å². The summed E-state index contributed by atoms with van der Waals surface area (Å²) < 4.78 is 5.48. The molecule has 1 N–H and O–H groups in total. The Labute approximate surface area is 196 Å². The van der Waals surface area contributed by atoms with Crippen molar-refractivity contribution in [3.8, 4) is 5.75 Å². The molecular weight excluding hydrogens is 440 g/mol. The quantitative estimate of drug-likeness (QED) is 0.234. The van der Waals surface area contributed by atoms with Gasteiger partial charge in [0.05, 0.1) is 11.6 Å². The van der Waals surface area contributed by atoms with Crippen molar-refractivity contribution in [1.29, 1.82) is 0 Å². The summed E-state index contributed by atoms with van der Waals surface area (Å²) in [5.74, 6) is -1.12. The van der Waals surface area contributed by atoms with Crippen LogP contribution in [0.25, 0.3) is 5.76 Å². The molecule has 1 aromatic heterocycles. The van der Waals surface area contributed by atoms with E-state index in [4.69, 9.17) is 16.3 Å². The first kappa shape index (κ1) is 22.3. The number of Topliss-reactive ketones (excluding diaryl/α,β-unsaturated/α-hetero) is 1. The van der Waals surface area contributed by atoms with Gasteiger partial charge in [-0.25, -0.2) is 0 Å². The molecule has 1 aliphatic rings. The Morgan fingerprint density at radius 2 is 1.94 bits per heavy atom. The number of hydrogen-bond acceptors (Lipinski definition) is 5. The van der Waals surface area contributed by atoms with Gasteiger partial charge in [-0.2, -0.15) is 0 Å². The van der Waals surface area contributed by atoms with Crippen LogP contribution in [0.4, 0.5) is 0 Å². The Hall–Kier alpha value is -3.90. The molecule has 166 valence electrons. The molecule has 4 rings (SSSR count). The highest BCUT2D eigenvalue weighted by atomic mass is 35.5. The summed E-state index contributed by atoms with van der Waals surface area (Å²) in [5.41, 5.74) is 1.78. The molecule has 2 aromatic carbocycles. The smallest absolute Gasteiger partial charge is 0.295 e. The zero-order valence-corrected chi connectivity index (χ0v) is 18.4. The number of ketones is 1. The van der Waals surface area contributed by atoms with Gasteiger partial charge in [-0.15, -0.1) is 0 Å². The van der Waals surface area contributed by atoms with Gasteiger partial charge in [-0.3, -0.25) is 14.6 Å². The van der Waals surface area contributed by atoms with Gasteiger partial charge in [0.2, 0.25) is 0 Å². The number of likely N-dealkylation sites (tertiary alicyclic amines) is 1.